The molecule has 0 saturated carbocycles. The Hall–Kier alpha value is -2.50. The van der Waals surface area contributed by atoms with Gasteiger partial charge in [-0.1, -0.05) is 17.7 Å². The van der Waals surface area contributed by atoms with Crippen LogP contribution in [0.1, 0.15) is 28.9 Å². The lowest BCUT2D eigenvalue weighted by Crippen LogP contribution is -2.45. The van der Waals surface area contributed by atoms with E-state index >= 15 is 0 Å². The normalized spacial score (nSPS) is 17.4. The minimum atomic E-state index is 0.416. The molecule has 1 aliphatic rings. The number of nitrogens with one attached hydrogen (secondary N) is 2. The number of aliphatic imine (C=N–C) groups is 1. The van der Waals surface area contributed by atoms with E-state index in [1.165, 1.54) is 22.5 Å². The van der Waals surface area contributed by atoms with Crippen molar-refractivity contribution in [2.75, 3.05) is 31.6 Å². The Bertz CT molecular complexity index is 790. The molecule has 1 aliphatic heterocycles. The highest BCUT2D eigenvalue weighted by molar-refractivity contribution is 5.80. The first-order valence-electron chi connectivity index (χ1n) is 9.75. The van der Waals surface area contributed by atoms with Gasteiger partial charge >= 0.3 is 0 Å². The molecule has 0 spiro atoms. The van der Waals surface area contributed by atoms with Crippen molar-refractivity contribution in [3.05, 3.63) is 46.8 Å². The Morgan fingerprint density at radius 3 is 2.59 bits per heavy atom. The standard InChI is InChI=1S/C21H32N6/c1-15-6-8-19(9-7-15)27-13-11-18(14-27)24-21(22-4)23-12-10-20-16(2)25-26(5)17(20)3/h6-9,18H,10-14H2,1-5H3,(H2,22,23,24). The number of benzene rings is 1. The third-order valence-electron chi connectivity index (χ3n) is 5.48. The molecular weight excluding hydrogens is 336 g/mol. The van der Waals surface area contributed by atoms with Gasteiger partial charge < -0.3 is 15.5 Å². The van der Waals surface area contributed by atoms with Crippen LogP contribution in [0.25, 0.3) is 0 Å². The van der Waals surface area contributed by atoms with Crippen LogP contribution in [-0.2, 0) is 13.5 Å². The molecule has 0 bridgehead atoms. The van der Waals surface area contributed by atoms with Crippen LogP contribution in [-0.4, -0.2) is 48.5 Å². The molecule has 1 saturated heterocycles. The summed E-state index contributed by atoms with van der Waals surface area (Å²) in [7, 11) is 3.84. The summed E-state index contributed by atoms with van der Waals surface area (Å²) in [5, 5.41) is 11.5. The van der Waals surface area contributed by atoms with Crippen LogP contribution in [0.3, 0.4) is 0 Å². The van der Waals surface area contributed by atoms with Crippen LogP contribution < -0.4 is 15.5 Å². The first kappa shape index (κ1) is 19.3. The topological polar surface area (TPSA) is 57.5 Å². The summed E-state index contributed by atoms with van der Waals surface area (Å²) in [6.07, 6.45) is 2.07. The molecule has 1 fully saturated rings. The second-order valence-corrected chi connectivity index (χ2v) is 7.43. The smallest absolute Gasteiger partial charge is 0.191 e. The molecule has 6 nitrogen and oxygen atoms in total. The van der Waals surface area contributed by atoms with Gasteiger partial charge in [0.2, 0.25) is 0 Å². The Labute approximate surface area is 162 Å². The molecule has 0 amide bonds. The van der Waals surface area contributed by atoms with Crippen molar-refractivity contribution in [2.45, 2.75) is 39.7 Å². The number of anilines is 1. The number of rotatable bonds is 5. The van der Waals surface area contributed by atoms with Crippen molar-refractivity contribution < 1.29 is 0 Å². The largest absolute Gasteiger partial charge is 0.369 e. The number of aromatic nitrogens is 2. The summed E-state index contributed by atoms with van der Waals surface area (Å²) >= 11 is 0. The zero-order valence-corrected chi connectivity index (χ0v) is 17.2. The number of guanidine groups is 1. The molecular formula is C21H32N6. The zero-order valence-electron chi connectivity index (χ0n) is 17.2. The van der Waals surface area contributed by atoms with Gasteiger partial charge in [0.05, 0.1) is 5.69 Å². The van der Waals surface area contributed by atoms with Gasteiger partial charge in [0.15, 0.2) is 5.96 Å². The van der Waals surface area contributed by atoms with E-state index < -0.39 is 0 Å². The Kier molecular flexibility index (Phi) is 6.04. The lowest BCUT2D eigenvalue weighted by atomic mass is 10.1. The van der Waals surface area contributed by atoms with Gasteiger partial charge in [-0.05, 0) is 51.3 Å². The molecule has 3 rings (SSSR count). The maximum atomic E-state index is 4.49. The summed E-state index contributed by atoms with van der Waals surface area (Å²) in [6.45, 7) is 9.26. The lowest BCUT2D eigenvalue weighted by molar-refractivity contribution is 0.648. The van der Waals surface area contributed by atoms with Crippen LogP contribution in [0.15, 0.2) is 29.3 Å². The summed E-state index contributed by atoms with van der Waals surface area (Å²) in [6, 6.07) is 9.20. The summed E-state index contributed by atoms with van der Waals surface area (Å²) in [5.74, 6) is 0.880. The number of hydrogen-bond donors (Lipinski definition) is 2. The molecule has 2 N–H and O–H groups in total. The van der Waals surface area contributed by atoms with Crippen molar-refractivity contribution in [2.24, 2.45) is 12.0 Å². The third kappa shape index (κ3) is 4.62. The molecule has 0 aliphatic carbocycles. The molecule has 2 heterocycles. The minimum Gasteiger partial charge on any atom is -0.369 e. The van der Waals surface area contributed by atoms with E-state index in [4.69, 9.17) is 0 Å². The maximum Gasteiger partial charge on any atom is 0.191 e. The van der Waals surface area contributed by atoms with E-state index in [2.05, 4.69) is 70.7 Å². The quantitative estimate of drug-likeness (QED) is 0.628. The van der Waals surface area contributed by atoms with Gasteiger partial charge in [0.25, 0.3) is 0 Å². The molecule has 0 radical (unpaired) electrons. The zero-order chi connectivity index (χ0) is 19.4. The fourth-order valence-electron chi connectivity index (χ4n) is 3.74. The molecule has 1 unspecified atom stereocenters. The maximum absolute atomic E-state index is 4.49. The minimum absolute atomic E-state index is 0.416. The highest BCUT2D eigenvalue weighted by Crippen LogP contribution is 2.20. The van der Waals surface area contributed by atoms with Crippen molar-refractivity contribution >= 4 is 11.6 Å². The molecule has 1 aromatic heterocycles. The van der Waals surface area contributed by atoms with Gasteiger partial charge in [-0.2, -0.15) is 5.10 Å². The van der Waals surface area contributed by atoms with E-state index in [0.29, 0.717) is 6.04 Å². The average molecular weight is 369 g/mol. The first-order valence-corrected chi connectivity index (χ1v) is 9.75. The Morgan fingerprint density at radius 2 is 1.96 bits per heavy atom. The van der Waals surface area contributed by atoms with E-state index in [-0.39, 0.29) is 0 Å². The summed E-state index contributed by atoms with van der Waals surface area (Å²) in [5.41, 5.74) is 6.28. The van der Waals surface area contributed by atoms with Gasteiger partial charge in [-0.15, -0.1) is 0 Å². The van der Waals surface area contributed by atoms with Crippen LogP contribution in [0.4, 0.5) is 5.69 Å². The summed E-state index contributed by atoms with van der Waals surface area (Å²) < 4.78 is 1.95. The average Bonchev–Trinajstić information content (AvgIpc) is 3.21. The van der Waals surface area contributed by atoms with E-state index in [1.807, 2.05) is 18.8 Å². The first-order chi connectivity index (χ1) is 13.0. The lowest BCUT2D eigenvalue weighted by Gasteiger charge is -2.20. The van der Waals surface area contributed by atoms with E-state index in [0.717, 1.165) is 44.1 Å². The molecule has 1 atom stereocenters. The van der Waals surface area contributed by atoms with Crippen LogP contribution >= 0.6 is 0 Å². The SMILES string of the molecule is CN=C(NCCc1c(C)nn(C)c1C)NC1CCN(c2ccc(C)cc2)C1. The van der Waals surface area contributed by atoms with E-state index in [9.17, 15) is 0 Å². The Morgan fingerprint density at radius 1 is 1.22 bits per heavy atom. The predicted octanol–water partition coefficient (Wildman–Crippen LogP) is 2.33. The van der Waals surface area contributed by atoms with Gasteiger partial charge in [-0.3, -0.25) is 9.67 Å². The molecule has 146 valence electrons. The Balaban J connectivity index is 1.48. The van der Waals surface area contributed by atoms with Crippen molar-refractivity contribution in [3.8, 4) is 0 Å². The van der Waals surface area contributed by atoms with Gasteiger partial charge in [-0.25, -0.2) is 0 Å². The monoisotopic (exact) mass is 368 g/mol. The van der Waals surface area contributed by atoms with Crippen molar-refractivity contribution in [1.82, 2.24) is 20.4 Å². The molecule has 27 heavy (non-hydrogen) atoms. The second kappa shape index (κ2) is 8.46. The number of hydrogen-bond acceptors (Lipinski definition) is 3. The molecule has 6 heteroatoms. The molecule has 1 aromatic carbocycles. The van der Waals surface area contributed by atoms with E-state index in [1.54, 1.807) is 0 Å². The number of nitrogens with zero attached hydrogens (tertiary/aromatic N) is 4. The predicted molar refractivity (Wildman–Crippen MR) is 113 cm³/mol. The van der Waals surface area contributed by atoms with Crippen LogP contribution in [0.5, 0.6) is 0 Å². The summed E-state index contributed by atoms with van der Waals surface area (Å²) in [4.78, 5) is 6.83. The third-order valence-corrected chi connectivity index (χ3v) is 5.48. The fourth-order valence-corrected chi connectivity index (χ4v) is 3.74. The van der Waals surface area contributed by atoms with Crippen molar-refractivity contribution in [1.29, 1.82) is 0 Å². The number of aryl methyl sites for hydroxylation is 3. The highest BCUT2D eigenvalue weighted by Gasteiger charge is 2.23. The fraction of sp³-hybridized carbons (Fsp3) is 0.524. The second-order valence-electron chi connectivity index (χ2n) is 7.43. The van der Waals surface area contributed by atoms with Crippen LogP contribution in [0, 0.1) is 20.8 Å². The van der Waals surface area contributed by atoms with Gasteiger partial charge in [0, 0.05) is 51.2 Å². The van der Waals surface area contributed by atoms with Gasteiger partial charge in [0.1, 0.15) is 0 Å². The highest BCUT2D eigenvalue weighted by atomic mass is 15.3. The van der Waals surface area contributed by atoms with Crippen molar-refractivity contribution in [3.63, 3.8) is 0 Å². The molecule has 2 aromatic rings. The van der Waals surface area contributed by atoms with Crippen LogP contribution in [0.2, 0.25) is 0 Å².